The zero-order valence-electron chi connectivity index (χ0n) is 9.35. The summed E-state index contributed by atoms with van der Waals surface area (Å²) in [5, 5.41) is 0. The summed E-state index contributed by atoms with van der Waals surface area (Å²) in [7, 11) is 0. The van der Waals surface area contributed by atoms with E-state index in [9.17, 15) is 4.79 Å². The van der Waals surface area contributed by atoms with Crippen molar-refractivity contribution in [2.45, 2.75) is 41.0 Å². The van der Waals surface area contributed by atoms with Gasteiger partial charge in [0.15, 0.2) is 5.78 Å². The Morgan fingerprint density at radius 2 is 1.85 bits per heavy atom. The average Bonchev–Trinajstić information content (AvgIpc) is 1.97. The average molecular weight is 180 g/mol. The van der Waals surface area contributed by atoms with Gasteiger partial charge in [0.25, 0.3) is 0 Å². The Bertz CT molecular complexity index is 242. The normalized spacial score (nSPS) is 30.2. The van der Waals surface area contributed by atoms with E-state index in [-0.39, 0.29) is 11.3 Å². The van der Waals surface area contributed by atoms with Crippen LogP contribution in [0.25, 0.3) is 0 Å². The monoisotopic (exact) mass is 180 g/mol. The molecule has 74 valence electrons. The molecule has 0 aromatic carbocycles. The molecule has 0 aromatic heterocycles. The third-order valence-corrected chi connectivity index (χ3v) is 3.12. The molecule has 0 saturated heterocycles. The molecule has 2 unspecified atom stereocenters. The van der Waals surface area contributed by atoms with E-state index in [2.05, 4.69) is 27.7 Å². The summed E-state index contributed by atoms with van der Waals surface area (Å²) in [6.45, 7) is 10.7. The molecule has 0 heterocycles. The van der Waals surface area contributed by atoms with Crippen molar-refractivity contribution in [2.75, 3.05) is 0 Å². The highest BCUT2D eigenvalue weighted by atomic mass is 16.1. The number of allylic oxidation sites excluding steroid dienone is 2. The molecule has 1 heteroatoms. The smallest absolute Gasteiger partial charge is 0.158 e. The van der Waals surface area contributed by atoms with Gasteiger partial charge in [-0.05, 0) is 23.8 Å². The van der Waals surface area contributed by atoms with Crippen LogP contribution in [0, 0.1) is 17.3 Å². The molecular weight excluding hydrogens is 160 g/mol. The minimum absolute atomic E-state index is 0.157. The van der Waals surface area contributed by atoms with E-state index in [1.54, 1.807) is 0 Å². The van der Waals surface area contributed by atoms with Crippen molar-refractivity contribution in [3.05, 3.63) is 11.6 Å². The van der Waals surface area contributed by atoms with E-state index < -0.39 is 0 Å². The van der Waals surface area contributed by atoms with E-state index >= 15 is 0 Å². The van der Waals surface area contributed by atoms with E-state index in [0.29, 0.717) is 11.7 Å². The summed E-state index contributed by atoms with van der Waals surface area (Å²) in [5.41, 5.74) is 1.47. The van der Waals surface area contributed by atoms with E-state index in [4.69, 9.17) is 0 Å². The predicted octanol–water partition coefficient (Wildman–Crippen LogP) is 3.20. The largest absolute Gasteiger partial charge is 0.295 e. The van der Waals surface area contributed by atoms with Gasteiger partial charge in [-0.1, -0.05) is 40.2 Å². The van der Waals surface area contributed by atoms with Crippen LogP contribution in [-0.2, 0) is 4.79 Å². The van der Waals surface area contributed by atoms with Crippen molar-refractivity contribution in [3.63, 3.8) is 0 Å². The van der Waals surface area contributed by atoms with Gasteiger partial charge in [0.2, 0.25) is 0 Å². The van der Waals surface area contributed by atoms with Crippen LogP contribution in [0.4, 0.5) is 0 Å². The van der Waals surface area contributed by atoms with Crippen LogP contribution in [-0.4, -0.2) is 5.78 Å². The quantitative estimate of drug-likeness (QED) is 0.559. The molecule has 0 radical (unpaired) electrons. The maximum Gasteiger partial charge on any atom is 0.158 e. The lowest BCUT2D eigenvalue weighted by molar-refractivity contribution is -0.119. The molecule has 2 atom stereocenters. The highest BCUT2D eigenvalue weighted by molar-refractivity contribution is 5.93. The van der Waals surface area contributed by atoms with Crippen molar-refractivity contribution in [1.29, 1.82) is 0 Å². The van der Waals surface area contributed by atoms with Crippen molar-refractivity contribution < 1.29 is 4.79 Å². The molecule has 13 heavy (non-hydrogen) atoms. The van der Waals surface area contributed by atoms with Gasteiger partial charge >= 0.3 is 0 Å². The van der Waals surface area contributed by atoms with E-state index in [1.807, 2.05) is 13.0 Å². The summed E-state index contributed by atoms with van der Waals surface area (Å²) in [5.74, 6) is 1.03. The molecule has 1 nitrogen and oxygen atoms in total. The van der Waals surface area contributed by atoms with Gasteiger partial charge in [-0.15, -0.1) is 0 Å². The summed E-state index contributed by atoms with van der Waals surface area (Å²) in [4.78, 5) is 11.6. The second-order valence-electron chi connectivity index (χ2n) is 5.29. The van der Waals surface area contributed by atoms with Gasteiger partial charge in [-0.25, -0.2) is 0 Å². The molecule has 0 aliphatic heterocycles. The Hall–Kier alpha value is -0.590. The van der Waals surface area contributed by atoms with Crippen molar-refractivity contribution in [3.8, 4) is 0 Å². The molecular formula is C12H20O. The number of hydrogen-bond donors (Lipinski definition) is 0. The lowest BCUT2D eigenvalue weighted by atomic mass is 9.73. The third-order valence-electron chi connectivity index (χ3n) is 3.12. The van der Waals surface area contributed by atoms with Crippen LogP contribution in [0.15, 0.2) is 11.6 Å². The summed E-state index contributed by atoms with van der Waals surface area (Å²) >= 11 is 0. The molecule has 1 aliphatic carbocycles. The SMILES string of the molecule is CC1CC(C(C)(C)C)=CC(=O)C1C. The molecule has 0 saturated carbocycles. The first-order valence-corrected chi connectivity index (χ1v) is 5.07. The Morgan fingerprint density at radius 1 is 1.31 bits per heavy atom. The molecule has 0 aromatic rings. The Labute approximate surface area is 81.2 Å². The highest BCUT2D eigenvalue weighted by Gasteiger charge is 2.29. The van der Waals surface area contributed by atoms with Crippen LogP contribution in [0.3, 0.4) is 0 Å². The zero-order chi connectivity index (χ0) is 10.2. The minimum atomic E-state index is 0.157. The first-order chi connectivity index (χ1) is 5.82. The Balaban J connectivity index is 2.92. The van der Waals surface area contributed by atoms with E-state index in [1.165, 1.54) is 5.57 Å². The van der Waals surface area contributed by atoms with Gasteiger partial charge in [0, 0.05) is 5.92 Å². The summed E-state index contributed by atoms with van der Waals surface area (Å²) < 4.78 is 0. The van der Waals surface area contributed by atoms with Crippen molar-refractivity contribution in [2.24, 2.45) is 17.3 Å². The first-order valence-electron chi connectivity index (χ1n) is 5.07. The fourth-order valence-corrected chi connectivity index (χ4v) is 1.69. The number of carbonyl (C=O) groups excluding carboxylic acids is 1. The van der Waals surface area contributed by atoms with Crippen LogP contribution in [0.5, 0.6) is 0 Å². The summed E-state index contributed by atoms with van der Waals surface area (Å²) in [6, 6.07) is 0. The maximum atomic E-state index is 11.6. The number of hydrogen-bond acceptors (Lipinski definition) is 1. The Morgan fingerprint density at radius 3 is 2.23 bits per heavy atom. The summed E-state index contributed by atoms with van der Waals surface area (Å²) in [6.07, 6.45) is 2.95. The minimum Gasteiger partial charge on any atom is -0.295 e. The molecule has 0 bridgehead atoms. The predicted molar refractivity (Wildman–Crippen MR) is 55.5 cm³/mol. The lowest BCUT2D eigenvalue weighted by Gasteiger charge is -2.31. The number of rotatable bonds is 0. The third kappa shape index (κ3) is 2.20. The second-order valence-corrected chi connectivity index (χ2v) is 5.29. The molecule has 0 amide bonds. The van der Waals surface area contributed by atoms with Crippen molar-refractivity contribution >= 4 is 5.78 Å². The van der Waals surface area contributed by atoms with Crippen LogP contribution in [0.1, 0.15) is 41.0 Å². The molecule has 1 aliphatic rings. The first kappa shape index (κ1) is 10.5. The number of ketones is 1. The molecule has 0 N–H and O–H groups in total. The molecule has 0 spiro atoms. The fourth-order valence-electron chi connectivity index (χ4n) is 1.69. The van der Waals surface area contributed by atoms with Gasteiger partial charge in [0.1, 0.15) is 0 Å². The van der Waals surface area contributed by atoms with Crippen LogP contribution >= 0.6 is 0 Å². The maximum absolute atomic E-state index is 11.6. The topological polar surface area (TPSA) is 17.1 Å². The van der Waals surface area contributed by atoms with Gasteiger partial charge in [0.05, 0.1) is 0 Å². The van der Waals surface area contributed by atoms with Crippen molar-refractivity contribution in [1.82, 2.24) is 0 Å². The molecule has 1 rings (SSSR count). The zero-order valence-corrected chi connectivity index (χ0v) is 9.35. The lowest BCUT2D eigenvalue weighted by Crippen LogP contribution is -2.26. The van der Waals surface area contributed by atoms with Crippen LogP contribution in [0.2, 0.25) is 0 Å². The fraction of sp³-hybridized carbons (Fsp3) is 0.750. The van der Waals surface area contributed by atoms with Gasteiger partial charge < -0.3 is 0 Å². The highest BCUT2D eigenvalue weighted by Crippen LogP contribution is 2.36. The van der Waals surface area contributed by atoms with E-state index in [0.717, 1.165) is 6.42 Å². The van der Waals surface area contributed by atoms with Crippen LogP contribution < -0.4 is 0 Å². The van der Waals surface area contributed by atoms with Gasteiger partial charge in [-0.2, -0.15) is 0 Å². The molecule has 0 fully saturated rings. The number of carbonyl (C=O) groups is 1. The van der Waals surface area contributed by atoms with Gasteiger partial charge in [-0.3, -0.25) is 4.79 Å². The standard InChI is InChI=1S/C12H20O/c1-8-6-10(12(3,4)5)7-11(13)9(8)2/h7-9H,6H2,1-5H3. The second kappa shape index (κ2) is 3.28. The Kier molecular flexibility index (Phi) is 2.65.